The first kappa shape index (κ1) is 20.3. The molecule has 4 rings (SSSR count). The van der Waals surface area contributed by atoms with Crippen LogP contribution < -0.4 is 10.2 Å². The van der Waals surface area contributed by atoms with E-state index in [0.29, 0.717) is 17.0 Å². The van der Waals surface area contributed by atoms with E-state index in [9.17, 15) is 13.2 Å². The molecular formula is C21H23F3N6. The fourth-order valence-corrected chi connectivity index (χ4v) is 3.56. The predicted molar refractivity (Wildman–Crippen MR) is 111 cm³/mol. The molecule has 158 valence electrons. The van der Waals surface area contributed by atoms with Gasteiger partial charge in [0.15, 0.2) is 5.65 Å². The van der Waals surface area contributed by atoms with Crippen molar-refractivity contribution in [3.63, 3.8) is 0 Å². The first-order chi connectivity index (χ1) is 14.3. The number of hydrogen-bond acceptors (Lipinski definition) is 6. The van der Waals surface area contributed by atoms with Gasteiger partial charge < -0.3 is 15.1 Å². The molecule has 2 aromatic heterocycles. The minimum Gasteiger partial charge on any atom is -0.368 e. The highest BCUT2D eigenvalue weighted by Gasteiger charge is 2.30. The number of anilines is 2. The van der Waals surface area contributed by atoms with E-state index in [0.717, 1.165) is 49.4 Å². The minimum absolute atomic E-state index is 0.377. The van der Waals surface area contributed by atoms with Crippen LogP contribution in [0.4, 0.5) is 24.7 Å². The van der Waals surface area contributed by atoms with Crippen molar-refractivity contribution in [2.75, 3.05) is 43.4 Å². The lowest BCUT2D eigenvalue weighted by Crippen LogP contribution is -2.44. The van der Waals surface area contributed by atoms with E-state index < -0.39 is 11.7 Å². The predicted octanol–water partition coefficient (Wildman–Crippen LogP) is 3.97. The first-order valence-corrected chi connectivity index (χ1v) is 9.79. The Kier molecular flexibility index (Phi) is 5.46. The van der Waals surface area contributed by atoms with Gasteiger partial charge in [0, 0.05) is 32.2 Å². The SMILES string of the molecule is C[C@@H](Nc1ncnc2ncc(N3CCN(C)CC3)cc12)c1cccc(C(F)(F)F)c1. The molecule has 3 heterocycles. The van der Waals surface area contributed by atoms with Crippen molar-refractivity contribution >= 4 is 22.5 Å². The highest BCUT2D eigenvalue weighted by atomic mass is 19.4. The molecular weight excluding hydrogens is 393 g/mol. The lowest BCUT2D eigenvalue weighted by Gasteiger charge is -2.33. The summed E-state index contributed by atoms with van der Waals surface area (Å²) in [5, 5.41) is 3.98. The van der Waals surface area contributed by atoms with E-state index in [1.54, 1.807) is 19.2 Å². The molecule has 1 aliphatic rings. The Labute approximate surface area is 172 Å². The summed E-state index contributed by atoms with van der Waals surface area (Å²) in [5.41, 5.74) is 1.39. The molecule has 1 N–H and O–H groups in total. The molecule has 0 aliphatic carbocycles. The number of piperazine rings is 1. The topological polar surface area (TPSA) is 57.2 Å². The number of nitrogens with one attached hydrogen (secondary N) is 1. The smallest absolute Gasteiger partial charge is 0.368 e. The Hall–Kier alpha value is -2.94. The first-order valence-electron chi connectivity index (χ1n) is 9.79. The molecule has 1 atom stereocenters. The van der Waals surface area contributed by atoms with Gasteiger partial charge in [0.05, 0.1) is 22.8 Å². The zero-order valence-corrected chi connectivity index (χ0v) is 16.8. The Morgan fingerprint density at radius 1 is 1.03 bits per heavy atom. The standard InChI is InChI=1S/C21H23F3N6/c1-14(15-4-3-5-16(10-15)21(22,23)24)28-20-18-11-17(12-25-19(18)26-13-27-20)30-8-6-29(2)7-9-30/h3-5,10-14H,6-9H2,1-2H3,(H,25,26,27,28)/t14-/m1/s1. The summed E-state index contributed by atoms with van der Waals surface area (Å²) in [6, 6.07) is 6.94. The largest absolute Gasteiger partial charge is 0.416 e. The van der Waals surface area contributed by atoms with E-state index in [2.05, 4.69) is 37.1 Å². The Morgan fingerprint density at radius 2 is 1.80 bits per heavy atom. The maximum absolute atomic E-state index is 13.1. The van der Waals surface area contributed by atoms with Crippen LogP contribution in [0, 0.1) is 0 Å². The third-order valence-electron chi connectivity index (χ3n) is 5.41. The van der Waals surface area contributed by atoms with Gasteiger partial charge in [-0.25, -0.2) is 15.0 Å². The summed E-state index contributed by atoms with van der Waals surface area (Å²) in [4.78, 5) is 17.6. The van der Waals surface area contributed by atoms with Crippen molar-refractivity contribution < 1.29 is 13.2 Å². The second-order valence-electron chi connectivity index (χ2n) is 7.57. The minimum atomic E-state index is -4.38. The lowest BCUT2D eigenvalue weighted by atomic mass is 10.0. The van der Waals surface area contributed by atoms with Gasteiger partial charge in [-0.05, 0) is 37.7 Å². The third-order valence-corrected chi connectivity index (χ3v) is 5.41. The van der Waals surface area contributed by atoms with Gasteiger partial charge in [-0.2, -0.15) is 13.2 Å². The molecule has 1 aromatic carbocycles. The van der Waals surface area contributed by atoms with Gasteiger partial charge in [0.1, 0.15) is 12.1 Å². The van der Waals surface area contributed by atoms with Crippen molar-refractivity contribution in [1.82, 2.24) is 19.9 Å². The lowest BCUT2D eigenvalue weighted by molar-refractivity contribution is -0.137. The van der Waals surface area contributed by atoms with Gasteiger partial charge in [-0.1, -0.05) is 12.1 Å². The molecule has 0 saturated carbocycles. The third kappa shape index (κ3) is 4.30. The number of pyridine rings is 1. The van der Waals surface area contributed by atoms with E-state index in [1.807, 2.05) is 6.07 Å². The number of rotatable bonds is 4. The monoisotopic (exact) mass is 416 g/mol. The van der Waals surface area contributed by atoms with E-state index in [4.69, 9.17) is 0 Å². The molecule has 30 heavy (non-hydrogen) atoms. The van der Waals surface area contributed by atoms with E-state index >= 15 is 0 Å². The fraction of sp³-hybridized carbons (Fsp3) is 0.381. The molecule has 1 saturated heterocycles. The second kappa shape index (κ2) is 8.06. The number of nitrogens with zero attached hydrogens (tertiary/aromatic N) is 5. The van der Waals surface area contributed by atoms with Crippen LogP contribution >= 0.6 is 0 Å². The highest BCUT2D eigenvalue weighted by molar-refractivity contribution is 5.88. The number of hydrogen-bond donors (Lipinski definition) is 1. The van der Waals surface area contributed by atoms with Gasteiger partial charge in [-0.3, -0.25) is 0 Å². The van der Waals surface area contributed by atoms with Gasteiger partial charge >= 0.3 is 6.18 Å². The number of likely N-dealkylation sites (N-methyl/N-ethyl adjacent to an activating group) is 1. The van der Waals surface area contributed by atoms with E-state index in [1.165, 1.54) is 12.4 Å². The van der Waals surface area contributed by atoms with Gasteiger partial charge in [-0.15, -0.1) is 0 Å². The summed E-state index contributed by atoms with van der Waals surface area (Å²) in [5.74, 6) is 0.549. The zero-order chi connectivity index (χ0) is 21.3. The molecule has 1 aliphatic heterocycles. The summed E-state index contributed by atoms with van der Waals surface area (Å²) in [7, 11) is 2.10. The molecule has 6 nitrogen and oxygen atoms in total. The molecule has 0 unspecified atom stereocenters. The Morgan fingerprint density at radius 3 is 2.53 bits per heavy atom. The highest BCUT2D eigenvalue weighted by Crippen LogP contribution is 2.32. The average molecular weight is 416 g/mol. The van der Waals surface area contributed by atoms with Crippen LogP contribution in [0.15, 0.2) is 42.9 Å². The Balaban J connectivity index is 1.61. The average Bonchev–Trinajstić information content (AvgIpc) is 2.74. The quantitative estimate of drug-likeness (QED) is 0.695. The normalized spacial score (nSPS) is 16.6. The summed E-state index contributed by atoms with van der Waals surface area (Å²) in [6.45, 7) is 5.56. The van der Waals surface area contributed by atoms with Crippen LogP contribution in [0.3, 0.4) is 0 Å². The molecule has 0 spiro atoms. The van der Waals surface area contributed by atoms with Crippen molar-refractivity contribution in [1.29, 1.82) is 0 Å². The number of aromatic nitrogens is 3. The van der Waals surface area contributed by atoms with Crippen molar-refractivity contribution in [3.05, 3.63) is 54.0 Å². The second-order valence-corrected chi connectivity index (χ2v) is 7.57. The molecule has 3 aromatic rings. The van der Waals surface area contributed by atoms with Crippen molar-refractivity contribution in [2.45, 2.75) is 19.1 Å². The van der Waals surface area contributed by atoms with Gasteiger partial charge in [0.2, 0.25) is 0 Å². The number of halogens is 3. The summed E-state index contributed by atoms with van der Waals surface area (Å²) in [6.07, 6.45) is -1.16. The number of alkyl halides is 3. The van der Waals surface area contributed by atoms with Crippen LogP contribution in [0.25, 0.3) is 11.0 Å². The van der Waals surface area contributed by atoms with Crippen LogP contribution in [-0.4, -0.2) is 53.1 Å². The summed E-state index contributed by atoms with van der Waals surface area (Å²) < 4.78 is 39.2. The zero-order valence-electron chi connectivity index (χ0n) is 16.8. The van der Waals surface area contributed by atoms with Crippen LogP contribution in [0.5, 0.6) is 0 Å². The maximum Gasteiger partial charge on any atom is 0.416 e. The van der Waals surface area contributed by atoms with Gasteiger partial charge in [0.25, 0.3) is 0 Å². The number of fused-ring (bicyclic) bond motifs is 1. The molecule has 0 radical (unpaired) electrons. The summed E-state index contributed by atoms with van der Waals surface area (Å²) >= 11 is 0. The van der Waals surface area contributed by atoms with Crippen molar-refractivity contribution in [3.8, 4) is 0 Å². The van der Waals surface area contributed by atoms with E-state index in [-0.39, 0.29) is 6.04 Å². The fourth-order valence-electron chi connectivity index (χ4n) is 3.56. The molecule has 9 heteroatoms. The molecule has 0 amide bonds. The molecule has 1 fully saturated rings. The molecule has 0 bridgehead atoms. The van der Waals surface area contributed by atoms with Crippen LogP contribution in [-0.2, 0) is 6.18 Å². The van der Waals surface area contributed by atoms with Crippen LogP contribution in [0.1, 0.15) is 24.1 Å². The van der Waals surface area contributed by atoms with Crippen molar-refractivity contribution in [2.24, 2.45) is 0 Å². The van der Waals surface area contributed by atoms with Crippen LogP contribution in [0.2, 0.25) is 0 Å². The Bertz CT molecular complexity index is 1030. The maximum atomic E-state index is 13.1. The number of benzene rings is 1.